The van der Waals surface area contributed by atoms with E-state index in [9.17, 15) is 4.79 Å². The van der Waals surface area contributed by atoms with Crippen LogP contribution in [0.15, 0.2) is 12.4 Å². The van der Waals surface area contributed by atoms with Crippen LogP contribution in [0.5, 0.6) is 0 Å². The first-order valence-electron chi connectivity index (χ1n) is 4.94. The summed E-state index contributed by atoms with van der Waals surface area (Å²) in [6.07, 6.45) is 6.52. The molecule has 1 saturated heterocycles. The number of hydrogen-bond acceptors (Lipinski definition) is 3. The number of aldehydes is 1. The van der Waals surface area contributed by atoms with Crippen LogP contribution in [0.2, 0.25) is 0 Å². The lowest BCUT2D eigenvalue weighted by molar-refractivity contribution is 0.0470. The van der Waals surface area contributed by atoms with E-state index < -0.39 is 0 Å². The molecule has 0 radical (unpaired) electrons. The Morgan fingerprint density at radius 3 is 3.29 bits per heavy atom. The minimum Gasteiger partial charge on any atom is -0.381 e. The second-order valence-electron chi connectivity index (χ2n) is 3.70. The minimum atomic E-state index is 0.545. The van der Waals surface area contributed by atoms with Crippen molar-refractivity contribution in [3.05, 3.63) is 18.0 Å². The molecule has 0 aliphatic carbocycles. The Labute approximate surface area is 82.9 Å². The number of aromatic nitrogens is 2. The highest BCUT2D eigenvalue weighted by molar-refractivity contribution is 5.73. The van der Waals surface area contributed by atoms with Crippen LogP contribution in [0.4, 0.5) is 0 Å². The van der Waals surface area contributed by atoms with Crippen LogP contribution >= 0.6 is 0 Å². The van der Waals surface area contributed by atoms with Crippen molar-refractivity contribution in [2.24, 2.45) is 5.92 Å². The molecule has 0 bridgehead atoms. The average Bonchev–Trinajstić information content (AvgIpc) is 2.67. The Morgan fingerprint density at radius 1 is 1.71 bits per heavy atom. The van der Waals surface area contributed by atoms with Gasteiger partial charge in [0.2, 0.25) is 0 Å². The maximum absolute atomic E-state index is 10.4. The third kappa shape index (κ3) is 2.20. The summed E-state index contributed by atoms with van der Waals surface area (Å²) in [5.41, 5.74) is 0.640. The summed E-state index contributed by atoms with van der Waals surface area (Å²) >= 11 is 0. The minimum absolute atomic E-state index is 0.545. The summed E-state index contributed by atoms with van der Waals surface area (Å²) in [5.74, 6) is 0.545. The zero-order valence-corrected chi connectivity index (χ0v) is 8.06. The summed E-state index contributed by atoms with van der Waals surface area (Å²) in [6.45, 7) is 2.55. The molecule has 1 atom stereocenters. The molecule has 1 fully saturated rings. The molecule has 1 aliphatic heterocycles. The quantitative estimate of drug-likeness (QED) is 0.677. The maximum Gasteiger partial charge on any atom is 0.153 e. The van der Waals surface area contributed by atoms with Gasteiger partial charge in [-0.2, -0.15) is 5.10 Å². The van der Waals surface area contributed by atoms with Gasteiger partial charge in [0.25, 0.3) is 0 Å². The Hall–Kier alpha value is -1.16. The molecule has 4 heteroatoms. The highest BCUT2D eigenvalue weighted by atomic mass is 16.5. The molecule has 0 N–H and O–H groups in total. The van der Waals surface area contributed by atoms with E-state index in [1.807, 2.05) is 4.68 Å². The van der Waals surface area contributed by atoms with Gasteiger partial charge in [-0.3, -0.25) is 9.48 Å². The maximum atomic E-state index is 10.4. The summed E-state index contributed by atoms with van der Waals surface area (Å²) in [6, 6.07) is 0. The molecule has 1 aromatic heterocycles. The normalized spacial score (nSPS) is 22.1. The largest absolute Gasteiger partial charge is 0.381 e. The third-order valence-electron chi connectivity index (χ3n) is 2.49. The zero-order valence-electron chi connectivity index (χ0n) is 8.06. The van der Waals surface area contributed by atoms with Crippen LogP contribution in [0, 0.1) is 5.92 Å². The molecule has 0 aromatic carbocycles. The number of rotatable bonds is 3. The SMILES string of the molecule is O=Cc1cnn(CC2CCCOC2)c1. The summed E-state index contributed by atoms with van der Waals surface area (Å²) < 4.78 is 7.20. The lowest BCUT2D eigenvalue weighted by Gasteiger charge is -2.21. The molecule has 76 valence electrons. The molecule has 1 unspecified atom stereocenters. The lowest BCUT2D eigenvalue weighted by atomic mass is 10.0. The lowest BCUT2D eigenvalue weighted by Crippen LogP contribution is -2.22. The van der Waals surface area contributed by atoms with E-state index in [2.05, 4.69) is 5.10 Å². The molecule has 2 rings (SSSR count). The van der Waals surface area contributed by atoms with Crippen LogP contribution < -0.4 is 0 Å². The van der Waals surface area contributed by atoms with Crippen molar-refractivity contribution in [1.29, 1.82) is 0 Å². The first-order valence-corrected chi connectivity index (χ1v) is 4.94. The van der Waals surface area contributed by atoms with Crippen LogP contribution in [0.3, 0.4) is 0 Å². The molecule has 1 aliphatic rings. The highest BCUT2D eigenvalue weighted by Gasteiger charge is 2.14. The highest BCUT2D eigenvalue weighted by Crippen LogP contribution is 2.15. The van der Waals surface area contributed by atoms with Crippen molar-refractivity contribution in [3.63, 3.8) is 0 Å². The predicted octanol–water partition coefficient (Wildman–Crippen LogP) is 1.12. The standard InChI is InChI=1S/C10H14N2O2/c13-7-10-4-11-12(6-10)5-9-2-1-3-14-8-9/h4,6-7,9H,1-3,5,8H2. The van der Waals surface area contributed by atoms with Gasteiger partial charge in [0.1, 0.15) is 0 Å². The van der Waals surface area contributed by atoms with Gasteiger partial charge in [-0.25, -0.2) is 0 Å². The smallest absolute Gasteiger partial charge is 0.153 e. The van der Waals surface area contributed by atoms with E-state index in [0.717, 1.165) is 32.5 Å². The van der Waals surface area contributed by atoms with Crippen LogP contribution in [0.1, 0.15) is 23.2 Å². The van der Waals surface area contributed by atoms with E-state index in [-0.39, 0.29) is 0 Å². The van der Waals surface area contributed by atoms with Crippen molar-refractivity contribution in [1.82, 2.24) is 9.78 Å². The number of nitrogens with zero attached hydrogens (tertiary/aromatic N) is 2. The topological polar surface area (TPSA) is 44.1 Å². The summed E-state index contributed by atoms with van der Waals surface area (Å²) in [4.78, 5) is 10.4. The van der Waals surface area contributed by atoms with E-state index in [0.29, 0.717) is 11.5 Å². The van der Waals surface area contributed by atoms with Crippen molar-refractivity contribution in [3.8, 4) is 0 Å². The molecular weight excluding hydrogens is 180 g/mol. The number of hydrogen-bond donors (Lipinski definition) is 0. The van der Waals surface area contributed by atoms with Crippen LogP contribution in [0.25, 0.3) is 0 Å². The monoisotopic (exact) mass is 194 g/mol. The molecule has 0 spiro atoms. The zero-order chi connectivity index (χ0) is 9.80. The molecular formula is C10H14N2O2. The predicted molar refractivity (Wildman–Crippen MR) is 51.2 cm³/mol. The fraction of sp³-hybridized carbons (Fsp3) is 0.600. The van der Waals surface area contributed by atoms with Crippen LogP contribution in [-0.4, -0.2) is 29.3 Å². The van der Waals surface area contributed by atoms with Crippen molar-refractivity contribution in [2.45, 2.75) is 19.4 Å². The van der Waals surface area contributed by atoms with Crippen molar-refractivity contribution in [2.75, 3.05) is 13.2 Å². The van der Waals surface area contributed by atoms with Gasteiger partial charge >= 0.3 is 0 Å². The average molecular weight is 194 g/mol. The van der Waals surface area contributed by atoms with Gasteiger partial charge in [0.05, 0.1) is 18.4 Å². The molecule has 14 heavy (non-hydrogen) atoms. The Balaban J connectivity index is 1.92. The Morgan fingerprint density at radius 2 is 2.64 bits per heavy atom. The number of ether oxygens (including phenoxy) is 1. The van der Waals surface area contributed by atoms with E-state index in [1.54, 1.807) is 12.4 Å². The third-order valence-corrected chi connectivity index (χ3v) is 2.49. The van der Waals surface area contributed by atoms with Gasteiger partial charge < -0.3 is 4.74 Å². The number of carbonyl (C=O) groups is 1. The summed E-state index contributed by atoms with van der Waals surface area (Å²) in [7, 11) is 0. The fourth-order valence-corrected chi connectivity index (χ4v) is 1.76. The second-order valence-corrected chi connectivity index (χ2v) is 3.70. The fourth-order valence-electron chi connectivity index (χ4n) is 1.76. The number of carbonyl (C=O) groups excluding carboxylic acids is 1. The van der Waals surface area contributed by atoms with Gasteiger partial charge in [-0.1, -0.05) is 0 Å². The van der Waals surface area contributed by atoms with E-state index >= 15 is 0 Å². The van der Waals surface area contributed by atoms with Gasteiger partial charge in [0.15, 0.2) is 6.29 Å². The second kappa shape index (κ2) is 4.37. The molecule has 4 nitrogen and oxygen atoms in total. The van der Waals surface area contributed by atoms with E-state index in [1.165, 1.54) is 6.42 Å². The molecule has 0 saturated carbocycles. The molecule has 0 amide bonds. The molecule has 2 heterocycles. The van der Waals surface area contributed by atoms with Gasteiger partial charge in [0, 0.05) is 25.3 Å². The Bertz CT molecular complexity index is 303. The van der Waals surface area contributed by atoms with Crippen molar-refractivity contribution < 1.29 is 9.53 Å². The first kappa shape index (κ1) is 9.40. The molecule has 1 aromatic rings. The van der Waals surface area contributed by atoms with Gasteiger partial charge in [-0.15, -0.1) is 0 Å². The van der Waals surface area contributed by atoms with Gasteiger partial charge in [-0.05, 0) is 12.8 Å². The summed E-state index contributed by atoms with van der Waals surface area (Å²) in [5, 5.41) is 4.11. The van der Waals surface area contributed by atoms with Crippen LogP contribution in [-0.2, 0) is 11.3 Å². The van der Waals surface area contributed by atoms with E-state index in [4.69, 9.17) is 4.74 Å². The Kier molecular flexibility index (Phi) is 2.93. The first-order chi connectivity index (χ1) is 6.88. The van der Waals surface area contributed by atoms with Crippen molar-refractivity contribution >= 4 is 6.29 Å².